The van der Waals surface area contributed by atoms with E-state index in [0.29, 0.717) is 10.4 Å². The molecular formula is C20H16F4N6O3. The number of non-ortho nitro benzene ring substituents is 1. The minimum atomic E-state index is -4.94. The van der Waals surface area contributed by atoms with Gasteiger partial charge in [-0.1, -0.05) is 11.3 Å². The fraction of sp³-hybridized carbons (Fsp3) is 0.250. The average Bonchev–Trinajstić information content (AvgIpc) is 3.25. The van der Waals surface area contributed by atoms with Gasteiger partial charge in [0.2, 0.25) is 0 Å². The maximum atomic E-state index is 13.8. The van der Waals surface area contributed by atoms with Crippen molar-refractivity contribution < 1.29 is 27.3 Å². The first-order chi connectivity index (χ1) is 15.6. The van der Waals surface area contributed by atoms with Gasteiger partial charge in [0.15, 0.2) is 11.4 Å². The Bertz CT molecular complexity index is 1190. The van der Waals surface area contributed by atoms with Crippen molar-refractivity contribution in [2.75, 3.05) is 31.1 Å². The van der Waals surface area contributed by atoms with E-state index in [1.807, 2.05) is 0 Å². The Labute approximate surface area is 184 Å². The number of halogens is 4. The van der Waals surface area contributed by atoms with E-state index in [9.17, 15) is 32.5 Å². The van der Waals surface area contributed by atoms with Gasteiger partial charge in [0.25, 0.3) is 11.6 Å². The highest BCUT2D eigenvalue weighted by molar-refractivity contribution is 5.93. The largest absolute Gasteiger partial charge is 0.435 e. The second kappa shape index (κ2) is 8.48. The van der Waals surface area contributed by atoms with Crippen LogP contribution in [0.15, 0.2) is 48.5 Å². The Kier molecular flexibility index (Phi) is 5.70. The summed E-state index contributed by atoms with van der Waals surface area (Å²) in [7, 11) is 0. The summed E-state index contributed by atoms with van der Waals surface area (Å²) < 4.78 is 55.1. The maximum absolute atomic E-state index is 13.8. The molecule has 1 fully saturated rings. The molecular weight excluding hydrogens is 448 g/mol. The van der Waals surface area contributed by atoms with Crippen LogP contribution in [0.1, 0.15) is 16.2 Å². The highest BCUT2D eigenvalue weighted by atomic mass is 19.4. The lowest BCUT2D eigenvalue weighted by Crippen LogP contribution is -2.49. The highest BCUT2D eigenvalue weighted by Crippen LogP contribution is 2.33. The van der Waals surface area contributed by atoms with Crippen molar-refractivity contribution in [2.24, 2.45) is 0 Å². The molecule has 3 aromatic rings. The van der Waals surface area contributed by atoms with E-state index >= 15 is 0 Å². The Balaban J connectivity index is 1.55. The van der Waals surface area contributed by atoms with Gasteiger partial charge in [-0.3, -0.25) is 14.9 Å². The topological polar surface area (TPSA) is 97.4 Å². The molecule has 9 nitrogen and oxygen atoms in total. The lowest BCUT2D eigenvalue weighted by Gasteiger charge is -2.35. The minimum Gasteiger partial charge on any atom is -0.368 e. The number of rotatable bonds is 4. The smallest absolute Gasteiger partial charge is 0.368 e. The van der Waals surface area contributed by atoms with Gasteiger partial charge in [0, 0.05) is 44.0 Å². The van der Waals surface area contributed by atoms with Crippen LogP contribution in [0.25, 0.3) is 5.69 Å². The van der Waals surface area contributed by atoms with Gasteiger partial charge in [0.1, 0.15) is 5.82 Å². The number of nitro benzene ring substituents is 1. The van der Waals surface area contributed by atoms with Gasteiger partial charge in [-0.15, -0.1) is 5.10 Å². The quantitative estimate of drug-likeness (QED) is 0.334. The average molecular weight is 464 g/mol. The van der Waals surface area contributed by atoms with Crippen molar-refractivity contribution in [3.8, 4) is 5.69 Å². The number of benzene rings is 2. The molecule has 0 atom stereocenters. The first kappa shape index (κ1) is 22.2. The van der Waals surface area contributed by atoms with Crippen LogP contribution in [0.3, 0.4) is 0 Å². The van der Waals surface area contributed by atoms with Crippen LogP contribution in [-0.2, 0) is 6.18 Å². The molecule has 0 saturated carbocycles. The number of hydrogen-bond donors (Lipinski definition) is 0. The number of anilines is 1. The van der Waals surface area contributed by atoms with Crippen molar-refractivity contribution in [1.82, 2.24) is 19.9 Å². The Hall–Kier alpha value is -4.03. The van der Waals surface area contributed by atoms with E-state index < -0.39 is 34.2 Å². The number of nitro groups is 1. The molecule has 1 aromatic heterocycles. The highest BCUT2D eigenvalue weighted by Gasteiger charge is 2.43. The first-order valence-electron chi connectivity index (χ1n) is 9.72. The third kappa shape index (κ3) is 4.47. The summed E-state index contributed by atoms with van der Waals surface area (Å²) in [5.74, 6) is -1.57. The molecule has 0 unspecified atom stereocenters. The van der Waals surface area contributed by atoms with Crippen LogP contribution < -0.4 is 4.90 Å². The minimum absolute atomic E-state index is 0.0850. The van der Waals surface area contributed by atoms with Gasteiger partial charge in [-0.2, -0.15) is 13.2 Å². The third-order valence-electron chi connectivity index (χ3n) is 5.19. The molecule has 1 aliphatic rings. The summed E-state index contributed by atoms with van der Waals surface area (Å²) in [6.07, 6.45) is -4.94. The molecule has 2 heterocycles. The zero-order valence-electron chi connectivity index (χ0n) is 16.9. The molecule has 0 bridgehead atoms. The van der Waals surface area contributed by atoms with Crippen LogP contribution in [-0.4, -0.2) is 56.9 Å². The van der Waals surface area contributed by atoms with Gasteiger partial charge in [-0.25, -0.2) is 9.07 Å². The van der Waals surface area contributed by atoms with E-state index in [1.165, 1.54) is 23.1 Å². The molecule has 0 aliphatic carbocycles. The molecule has 0 spiro atoms. The standard InChI is InChI=1S/C20H16F4N6O3/c21-13-4-6-14(7-5-13)29-18(20(22,23)24)17(25-26-29)19(31)28-10-8-27(9-11-28)15-2-1-3-16(12-15)30(32)33/h1-7,12H,8-11H2. The van der Waals surface area contributed by atoms with Crippen LogP contribution in [0, 0.1) is 15.9 Å². The third-order valence-corrected chi connectivity index (χ3v) is 5.19. The summed E-state index contributed by atoms with van der Waals surface area (Å²) in [6, 6.07) is 10.1. The lowest BCUT2D eigenvalue weighted by atomic mass is 10.2. The number of alkyl halides is 3. The van der Waals surface area contributed by atoms with E-state index in [-0.39, 0.29) is 37.6 Å². The van der Waals surface area contributed by atoms with Crippen molar-refractivity contribution in [3.05, 3.63) is 75.9 Å². The Morgan fingerprint density at radius 1 is 1.00 bits per heavy atom. The van der Waals surface area contributed by atoms with Crippen LogP contribution in [0.2, 0.25) is 0 Å². The number of aromatic nitrogens is 3. The molecule has 33 heavy (non-hydrogen) atoms. The van der Waals surface area contributed by atoms with Crippen molar-refractivity contribution >= 4 is 17.3 Å². The first-order valence-corrected chi connectivity index (χ1v) is 9.72. The van der Waals surface area contributed by atoms with E-state index in [0.717, 1.165) is 24.3 Å². The van der Waals surface area contributed by atoms with Crippen molar-refractivity contribution in [3.63, 3.8) is 0 Å². The fourth-order valence-electron chi connectivity index (χ4n) is 3.56. The SMILES string of the molecule is O=C(c1nnn(-c2ccc(F)cc2)c1C(F)(F)F)N1CCN(c2cccc([N+](=O)[O-])c2)CC1. The summed E-state index contributed by atoms with van der Waals surface area (Å²) in [4.78, 5) is 26.4. The normalized spacial score (nSPS) is 14.4. The van der Waals surface area contributed by atoms with Crippen LogP contribution >= 0.6 is 0 Å². The number of hydrogen-bond acceptors (Lipinski definition) is 6. The lowest BCUT2D eigenvalue weighted by molar-refractivity contribution is -0.384. The summed E-state index contributed by atoms with van der Waals surface area (Å²) in [5, 5.41) is 18.0. The zero-order valence-corrected chi connectivity index (χ0v) is 16.9. The molecule has 4 rings (SSSR count). The zero-order chi connectivity index (χ0) is 23.8. The Morgan fingerprint density at radius 2 is 1.67 bits per heavy atom. The molecule has 1 saturated heterocycles. The second-order valence-electron chi connectivity index (χ2n) is 7.23. The van der Waals surface area contributed by atoms with Gasteiger partial charge < -0.3 is 9.80 Å². The molecule has 2 aromatic carbocycles. The molecule has 1 aliphatic heterocycles. The van der Waals surface area contributed by atoms with Gasteiger partial charge in [-0.05, 0) is 30.3 Å². The van der Waals surface area contributed by atoms with Crippen LogP contribution in [0.4, 0.5) is 28.9 Å². The Morgan fingerprint density at radius 3 is 2.27 bits per heavy atom. The molecule has 1 amide bonds. The second-order valence-corrected chi connectivity index (χ2v) is 7.23. The van der Waals surface area contributed by atoms with Crippen molar-refractivity contribution in [1.29, 1.82) is 0 Å². The van der Waals surface area contributed by atoms with Crippen LogP contribution in [0.5, 0.6) is 0 Å². The number of piperazine rings is 1. The molecule has 0 radical (unpaired) electrons. The predicted octanol–water partition coefficient (Wildman–Crippen LogP) is 3.30. The number of nitrogens with zero attached hydrogens (tertiary/aromatic N) is 6. The van der Waals surface area contributed by atoms with Gasteiger partial charge in [0.05, 0.1) is 10.6 Å². The predicted molar refractivity (Wildman–Crippen MR) is 108 cm³/mol. The summed E-state index contributed by atoms with van der Waals surface area (Å²) in [6.45, 7) is 0.700. The fourth-order valence-corrected chi connectivity index (χ4v) is 3.56. The van der Waals surface area contributed by atoms with E-state index in [1.54, 1.807) is 11.0 Å². The molecule has 0 N–H and O–H groups in total. The number of amides is 1. The molecule has 13 heteroatoms. The van der Waals surface area contributed by atoms with Crippen molar-refractivity contribution in [2.45, 2.75) is 6.18 Å². The number of carbonyl (C=O) groups is 1. The summed E-state index contributed by atoms with van der Waals surface area (Å²) in [5.41, 5.74) is -1.80. The van der Waals surface area contributed by atoms with E-state index in [2.05, 4.69) is 10.3 Å². The van der Waals surface area contributed by atoms with Gasteiger partial charge >= 0.3 is 6.18 Å². The maximum Gasteiger partial charge on any atom is 0.435 e. The molecule has 172 valence electrons. The van der Waals surface area contributed by atoms with E-state index in [4.69, 9.17) is 0 Å². The monoisotopic (exact) mass is 464 g/mol. The summed E-state index contributed by atoms with van der Waals surface area (Å²) >= 11 is 0. The number of carbonyl (C=O) groups excluding carboxylic acids is 1.